The third kappa shape index (κ3) is 2.73. The molecule has 88 valence electrons. The molecule has 0 aliphatic carbocycles. The summed E-state index contributed by atoms with van der Waals surface area (Å²) in [5.41, 5.74) is 2.32. The molecule has 0 saturated carbocycles. The molecule has 1 unspecified atom stereocenters. The highest BCUT2D eigenvalue weighted by Gasteiger charge is 2.29. The van der Waals surface area contributed by atoms with Crippen molar-refractivity contribution in [2.45, 2.75) is 27.2 Å². The molecule has 1 atom stereocenters. The van der Waals surface area contributed by atoms with Crippen LogP contribution in [-0.2, 0) is 0 Å². The molecule has 0 amide bonds. The Labute approximate surface area is 97.2 Å². The van der Waals surface area contributed by atoms with Gasteiger partial charge in [0.25, 0.3) is 0 Å². The summed E-state index contributed by atoms with van der Waals surface area (Å²) < 4.78 is 5.87. The molecule has 0 radical (unpaired) electrons. The Morgan fingerprint density at radius 2 is 2.06 bits per heavy atom. The van der Waals surface area contributed by atoms with Crippen molar-refractivity contribution >= 4 is 0 Å². The zero-order valence-corrected chi connectivity index (χ0v) is 10.3. The van der Waals surface area contributed by atoms with Crippen LogP contribution in [0, 0.1) is 19.3 Å². The lowest BCUT2D eigenvalue weighted by molar-refractivity contribution is 0.180. The van der Waals surface area contributed by atoms with E-state index in [-0.39, 0.29) is 5.41 Å². The number of hydrogen-bond acceptors (Lipinski definition) is 3. The molecule has 0 spiro atoms. The van der Waals surface area contributed by atoms with Gasteiger partial charge in [0.2, 0.25) is 0 Å². The molecule has 1 fully saturated rings. The Morgan fingerprint density at radius 3 is 2.62 bits per heavy atom. The van der Waals surface area contributed by atoms with E-state index in [0.29, 0.717) is 0 Å². The van der Waals surface area contributed by atoms with Gasteiger partial charge < -0.3 is 10.1 Å². The fraction of sp³-hybridized carbons (Fsp3) is 0.615. The van der Waals surface area contributed by atoms with Gasteiger partial charge in [-0.25, -0.2) is 0 Å². The predicted molar refractivity (Wildman–Crippen MR) is 64.8 cm³/mol. The van der Waals surface area contributed by atoms with Crippen molar-refractivity contribution < 1.29 is 4.74 Å². The van der Waals surface area contributed by atoms with Crippen LogP contribution in [0.15, 0.2) is 12.1 Å². The first-order chi connectivity index (χ1) is 7.57. The number of aryl methyl sites for hydroxylation is 2. The van der Waals surface area contributed by atoms with Crippen molar-refractivity contribution in [3.05, 3.63) is 23.5 Å². The average molecular weight is 220 g/mol. The number of nitrogens with one attached hydrogen (secondary N) is 1. The van der Waals surface area contributed by atoms with Crippen LogP contribution >= 0.6 is 0 Å². The van der Waals surface area contributed by atoms with E-state index in [2.05, 4.69) is 17.2 Å². The summed E-state index contributed by atoms with van der Waals surface area (Å²) in [7, 11) is 0. The fourth-order valence-electron chi connectivity index (χ4n) is 2.13. The third-order valence-electron chi connectivity index (χ3n) is 3.10. The Hall–Kier alpha value is -1.09. The van der Waals surface area contributed by atoms with Crippen LogP contribution in [0.3, 0.4) is 0 Å². The van der Waals surface area contributed by atoms with Gasteiger partial charge in [0.15, 0.2) is 0 Å². The summed E-state index contributed by atoms with van der Waals surface area (Å²) in [5, 5.41) is 3.38. The largest absolute Gasteiger partial charge is 0.493 e. The van der Waals surface area contributed by atoms with Crippen LogP contribution in [0.2, 0.25) is 0 Å². The molecular weight excluding hydrogens is 200 g/mol. The first kappa shape index (κ1) is 11.4. The highest BCUT2D eigenvalue weighted by Crippen LogP contribution is 2.26. The second-order valence-corrected chi connectivity index (χ2v) is 5.11. The zero-order chi connectivity index (χ0) is 11.6. The Balaban J connectivity index is 1.98. The second-order valence-electron chi connectivity index (χ2n) is 5.11. The Kier molecular flexibility index (Phi) is 3.15. The van der Waals surface area contributed by atoms with Crippen molar-refractivity contribution in [3.8, 4) is 5.75 Å². The van der Waals surface area contributed by atoms with E-state index in [1.54, 1.807) is 0 Å². The molecule has 0 aromatic carbocycles. The molecule has 3 heteroatoms. The molecular formula is C13H20N2O. The van der Waals surface area contributed by atoms with Crippen LogP contribution in [0.25, 0.3) is 0 Å². The highest BCUT2D eigenvalue weighted by atomic mass is 16.5. The van der Waals surface area contributed by atoms with Crippen molar-refractivity contribution in [1.29, 1.82) is 0 Å². The number of ether oxygens (including phenoxy) is 1. The maximum atomic E-state index is 5.87. The van der Waals surface area contributed by atoms with Crippen molar-refractivity contribution in [1.82, 2.24) is 10.3 Å². The van der Waals surface area contributed by atoms with Crippen LogP contribution in [0.4, 0.5) is 0 Å². The highest BCUT2D eigenvalue weighted by molar-refractivity contribution is 5.26. The Morgan fingerprint density at radius 1 is 1.38 bits per heavy atom. The Bertz CT molecular complexity index is 350. The van der Waals surface area contributed by atoms with Gasteiger partial charge in [0, 0.05) is 35.5 Å². The van der Waals surface area contributed by atoms with Crippen LogP contribution in [0.5, 0.6) is 5.75 Å². The maximum Gasteiger partial charge on any atom is 0.122 e. The molecule has 1 N–H and O–H groups in total. The minimum absolute atomic E-state index is 0.283. The minimum Gasteiger partial charge on any atom is -0.493 e. The van der Waals surface area contributed by atoms with Crippen molar-refractivity contribution in [2.75, 3.05) is 19.7 Å². The van der Waals surface area contributed by atoms with Gasteiger partial charge in [0.05, 0.1) is 6.61 Å². The van der Waals surface area contributed by atoms with E-state index in [0.717, 1.165) is 36.8 Å². The molecule has 2 heterocycles. The van der Waals surface area contributed by atoms with Gasteiger partial charge in [-0.05, 0) is 26.8 Å². The van der Waals surface area contributed by atoms with E-state index in [4.69, 9.17) is 4.74 Å². The second kappa shape index (κ2) is 4.42. The summed E-state index contributed by atoms with van der Waals surface area (Å²) >= 11 is 0. The van der Waals surface area contributed by atoms with Gasteiger partial charge in [-0.3, -0.25) is 4.98 Å². The normalized spacial score (nSPS) is 24.7. The lowest BCUT2D eigenvalue weighted by Gasteiger charge is -2.22. The standard InChI is InChI=1S/C13H20N2O/c1-10-6-12(7-11(2)15-10)16-9-13(3)4-5-14-8-13/h6-7,14H,4-5,8-9H2,1-3H3. The number of hydrogen-bond donors (Lipinski definition) is 1. The minimum atomic E-state index is 0.283. The molecule has 0 bridgehead atoms. The van der Waals surface area contributed by atoms with E-state index in [1.165, 1.54) is 6.42 Å². The fourth-order valence-corrected chi connectivity index (χ4v) is 2.13. The quantitative estimate of drug-likeness (QED) is 0.847. The number of rotatable bonds is 3. The zero-order valence-electron chi connectivity index (χ0n) is 10.3. The third-order valence-corrected chi connectivity index (χ3v) is 3.10. The topological polar surface area (TPSA) is 34.1 Å². The van der Waals surface area contributed by atoms with Gasteiger partial charge in [-0.2, -0.15) is 0 Å². The van der Waals surface area contributed by atoms with Gasteiger partial charge >= 0.3 is 0 Å². The SMILES string of the molecule is Cc1cc(OCC2(C)CCNC2)cc(C)n1. The summed E-state index contributed by atoms with van der Waals surface area (Å²) in [4.78, 5) is 4.34. The number of nitrogens with zero attached hydrogens (tertiary/aromatic N) is 1. The number of aromatic nitrogens is 1. The van der Waals surface area contributed by atoms with Crippen molar-refractivity contribution in [2.24, 2.45) is 5.41 Å². The number of pyridine rings is 1. The summed E-state index contributed by atoms with van der Waals surface area (Å²) in [6.07, 6.45) is 1.19. The van der Waals surface area contributed by atoms with Crippen molar-refractivity contribution in [3.63, 3.8) is 0 Å². The average Bonchev–Trinajstić information content (AvgIpc) is 2.62. The van der Waals surface area contributed by atoms with E-state index in [9.17, 15) is 0 Å². The first-order valence-electron chi connectivity index (χ1n) is 5.86. The molecule has 1 aliphatic rings. The molecule has 1 aromatic heterocycles. The smallest absolute Gasteiger partial charge is 0.122 e. The summed E-state index contributed by atoms with van der Waals surface area (Å²) in [5.74, 6) is 0.943. The van der Waals surface area contributed by atoms with Crippen LogP contribution in [0.1, 0.15) is 24.7 Å². The summed E-state index contributed by atoms with van der Waals surface area (Å²) in [6.45, 7) is 9.21. The van der Waals surface area contributed by atoms with Gasteiger partial charge in [-0.1, -0.05) is 6.92 Å². The van der Waals surface area contributed by atoms with E-state index < -0.39 is 0 Å². The lowest BCUT2D eigenvalue weighted by Crippen LogP contribution is -2.27. The lowest BCUT2D eigenvalue weighted by atomic mass is 9.91. The van der Waals surface area contributed by atoms with Crippen LogP contribution < -0.4 is 10.1 Å². The molecule has 2 rings (SSSR count). The monoisotopic (exact) mass is 220 g/mol. The molecule has 3 nitrogen and oxygen atoms in total. The van der Waals surface area contributed by atoms with E-state index in [1.807, 2.05) is 26.0 Å². The first-order valence-corrected chi connectivity index (χ1v) is 5.86. The molecule has 1 aliphatic heterocycles. The van der Waals surface area contributed by atoms with Crippen LogP contribution in [-0.4, -0.2) is 24.7 Å². The summed E-state index contributed by atoms with van der Waals surface area (Å²) in [6, 6.07) is 4.00. The predicted octanol–water partition coefficient (Wildman–Crippen LogP) is 2.08. The van der Waals surface area contributed by atoms with E-state index >= 15 is 0 Å². The maximum absolute atomic E-state index is 5.87. The molecule has 16 heavy (non-hydrogen) atoms. The van der Waals surface area contributed by atoms with Gasteiger partial charge in [0.1, 0.15) is 5.75 Å². The molecule has 1 saturated heterocycles. The van der Waals surface area contributed by atoms with Gasteiger partial charge in [-0.15, -0.1) is 0 Å². The molecule has 1 aromatic rings.